The Labute approximate surface area is 148 Å². The van der Waals surface area contributed by atoms with Crippen LogP contribution in [-0.2, 0) is 9.84 Å². The van der Waals surface area contributed by atoms with Gasteiger partial charge in [-0.25, -0.2) is 17.8 Å². The first-order chi connectivity index (χ1) is 12.2. The first-order valence-electron chi connectivity index (χ1n) is 7.99. The first kappa shape index (κ1) is 18.5. The molecular weight excluding hydrogens is 371 g/mol. The third-order valence-corrected chi connectivity index (χ3v) is 5.96. The fraction of sp³-hybridized carbons (Fsp3) is 0.467. The third kappa shape index (κ3) is 3.00. The Morgan fingerprint density at radius 2 is 1.81 bits per heavy atom. The lowest BCUT2D eigenvalue weighted by Crippen LogP contribution is -2.58. The lowest BCUT2D eigenvalue weighted by Gasteiger charge is -2.46. The van der Waals surface area contributed by atoms with Crippen molar-refractivity contribution in [2.75, 3.05) is 4.90 Å². The molecule has 1 heterocycles. The minimum atomic E-state index is -5.08. The van der Waals surface area contributed by atoms with Gasteiger partial charge < -0.3 is 11.5 Å². The average molecular weight is 389 g/mol. The number of nitrogens with two attached hydrogens (primary N) is 2. The van der Waals surface area contributed by atoms with Crippen molar-refractivity contribution in [2.24, 2.45) is 21.5 Å². The molecular formula is C15H18F3N5O2S. The molecule has 1 aliphatic carbocycles. The topological polar surface area (TPSA) is 114 Å². The van der Waals surface area contributed by atoms with Gasteiger partial charge >= 0.3 is 5.76 Å². The molecule has 26 heavy (non-hydrogen) atoms. The molecule has 1 aromatic carbocycles. The predicted octanol–water partition coefficient (Wildman–Crippen LogP) is 1.93. The van der Waals surface area contributed by atoms with E-state index in [-0.39, 0.29) is 17.6 Å². The van der Waals surface area contributed by atoms with Crippen LogP contribution in [0.25, 0.3) is 0 Å². The van der Waals surface area contributed by atoms with Crippen molar-refractivity contribution in [2.45, 2.75) is 48.4 Å². The van der Waals surface area contributed by atoms with Crippen molar-refractivity contribution >= 4 is 27.4 Å². The van der Waals surface area contributed by atoms with E-state index < -0.39 is 32.0 Å². The van der Waals surface area contributed by atoms with Crippen molar-refractivity contribution < 1.29 is 21.6 Å². The summed E-state index contributed by atoms with van der Waals surface area (Å²) >= 11 is 0. The summed E-state index contributed by atoms with van der Waals surface area (Å²) in [6.07, 6.45) is 3.43. The molecule has 142 valence electrons. The normalized spacial score (nSPS) is 20.2. The van der Waals surface area contributed by atoms with Gasteiger partial charge in [0.2, 0.25) is 21.8 Å². The summed E-state index contributed by atoms with van der Waals surface area (Å²) in [4.78, 5) is 8.63. The number of halogens is 3. The molecule has 1 spiro atoms. The Morgan fingerprint density at radius 1 is 1.15 bits per heavy atom. The maximum atomic E-state index is 13.7. The van der Waals surface area contributed by atoms with Gasteiger partial charge in [0.25, 0.3) is 0 Å². The van der Waals surface area contributed by atoms with Crippen molar-refractivity contribution in [3.63, 3.8) is 0 Å². The second kappa shape index (κ2) is 6.45. The third-order valence-electron chi connectivity index (χ3n) is 4.56. The van der Waals surface area contributed by atoms with E-state index in [9.17, 15) is 21.6 Å². The van der Waals surface area contributed by atoms with Crippen LogP contribution in [-0.4, -0.2) is 31.8 Å². The molecule has 1 saturated carbocycles. The van der Waals surface area contributed by atoms with E-state index in [1.54, 1.807) is 0 Å². The first-order valence-corrected chi connectivity index (χ1v) is 9.53. The van der Waals surface area contributed by atoms with Crippen LogP contribution in [0.5, 0.6) is 0 Å². The SMILES string of the molecule is NC1=NC2(CCCCC2)N(c2ccc(F)cc2S(=O)(=O)C(F)F)C(N)=N1. The highest BCUT2D eigenvalue weighted by Crippen LogP contribution is 2.42. The highest BCUT2D eigenvalue weighted by Gasteiger charge is 2.45. The van der Waals surface area contributed by atoms with Gasteiger partial charge in [0, 0.05) is 0 Å². The molecule has 1 aliphatic heterocycles. The summed E-state index contributed by atoms with van der Waals surface area (Å²) in [7, 11) is -5.08. The molecule has 1 aromatic rings. The van der Waals surface area contributed by atoms with Gasteiger partial charge in [0.05, 0.1) is 10.6 Å². The Kier molecular flexibility index (Phi) is 4.59. The number of nitrogens with zero attached hydrogens (tertiary/aromatic N) is 3. The Bertz CT molecular complexity index is 879. The summed E-state index contributed by atoms with van der Waals surface area (Å²) in [5, 5.41) is 0. The standard InChI is InChI=1S/C15H18F3N5O2S/c16-9-4-5-10(11(8-9)26(24,25)12(17)18)23-14(20)21-13(19)22-15(23)6-2-1-3-7-15/h4-5,8,12H,1-3,6-7H2,(H4,19,20,21,22). The van der Waals surface area contributed by atoms with E-state index in [0.717, 1.165) is 31.4 Å². The predicted molar refractivity (Wildman–Crippen MR) is 91.1 cm³/mol. The monoisotopic (exact) mass is 389 g/mol. The molecule has 0 aromatic heterocycles. The maximum absolute atomic E-state index is 13.7. The van der Waals surface area contributed by atoms with Gasteiger partial charge in [-0.15, -0.1) is 0 Å². The number of rotatable bonds is 3. The second-order valence-electron chi connectivity index (χ2n) is 6.24. The van der Waals surface area contributed by atoms with Gasteiger partial charge in [-0.1, -0.05) is 6.42 Å². The molecule has 11 heteroatoms. The van der Waals surface area contributed by atoms with E-state index in [1.165, 1.54) is 4.90 Å². The smallest absolute Gasteiger partial charge is 0.341 e. The number of sulfone groups is 1. The van der Waals surface area contributed by atoms with Crippen molar-refractivity contribution in [1.82, 2.24) is 0 Å². The van der Waals surface area contributed by atoms with Crippen LogP contribution in [0.1, 0.15) is 32.1 Å². The zero-order valence-electron chi connectivity index (χ0n) is 13.7. The van der Waals surface area contributed by atoms with Gasteiger partial charge in [-0.05, 0) is 43.9 Å². The highest BCUT2D eigenvalue weighted by molar-refractivity contribution is 7.91. The molecule has 2 aliphatic rings. The lowest BCUT2D eigenvalue weighted by atomic mass is 9.87. The Morgan fingerprint density at radius 3 is 2.42 bits per heavy atom. The fourth-order valence-corrected chi connectivity index (χ4v) is 4.39. The quantitative estimate of drug-likeness (QED) is 0.820. The zero-order chi connectivity index (χ0) is 19.1. The largest absolute Gasteiger partial charge is 0.369 e. The lowest BCUT2D eigenvalue weighted by molar-refractivity contribution is 0.234. The minimum absolute atomic E-state index is 0.0685. The summed E-state index contributed by atoms with van der Waals surface area (Å²) in [5.41, 5.74) is 10.5. The zero-order valence-corrected chi connectivity index (χ0v) is 14.5. The van der Waals surface area contributed by atoms with Gasteiger partial charge in [-0.2, -0.15) is 13.8 Å². The van der Waals surface area contributed by atoms with Crippen LogP contribution in [0.2, 0.25) is 0 Å². The van der Waals surface area contributed by atoms with E-state index in [2.05, 4.69) is 9.98 Å². The van der Waals surface area contributed by atoms with Crippen molar-refractivity contribution in [3.05, 3.63) is 24.0 Å². The molecule has 0 saturated heterocycles. The molecule has 7 nitrogen and oxygen atoms in total. The van der Waals surface area contributed by atoms with E-state index in [4.69, 9.17) is 11.5 Å². The van der Waals surface area contributed by atoms with Crippen LogP contribution in [0.3, 0.4) is 0 Å². The molecule has 0 radical (unpaired) electrons. The van der Waals surface area contributed by atoms with Crippen LogP contribution in [0, 0.1) is 5.82 Å². The van der Waals surface area contributed by atoms with E-state index in [1.807, 2.05) is 0 Å². The maximum Gasteiger partial charge on any atom is 0.341 e. The molecule has 0 atom stereocenters. The second-order valence-corrected chi connectivity index (χ2v) is 8.12. The Hall–Kier alpha value is -2.30. The summed E-state index contributed by atoms with van der Waals surface area (Å²) in [6, 6.07) is 2.63. The highest BCUT2D eigenvalue weighted by atomic mass is 32.2. The number of anilines is 1. The van der Waals surface area contributed by atoms with Crippen LogP contribution in [0.4, 0.5) is 18.9 Å². The van der Waals surface area contributed by atoms with Crippen LogP contribution >= 0.6 is 0 Å². The van der Waals surface area contributed by atoms with Gasteiger partial charge in [-0.3, -0.25) is 4.90 Å². The molecule has 0 unspecified atom stereocenters. The minimum Gasteiger partial charge on any atom is -0.369 e. The van der Waals surface area contributed by atoms with Crippen molar-refractivity contribution in [3.8, 4) is 0 Å². The van der Waals surface area contributed by atoms with Crippen molar-refractivity contribution in [1.29, 1.82) is 0 Å². The molecule has 0 amide bonds. The number of aliphatic imine (C=N–C) groups is 2. The molecule has 0 bridgehead atoms. The number of hydrogen-bond donors (Lipinski definition) is 2. The molecule has 1 fully saturated rings. The van der Waals surface area contributed by atoms with Gasteiger partial charge in [0.15, 0.2) is 0 Å². The fourth-order valence-electron chi connectivity index (χ4n) is 3.47. The number of hydrogen-bond acceptors (Lipinski definition) is 7. The van der Waals surface area contributed by atoms with E-state index >= 15 is 0 Å². The van der Waals surface area contributed by atoms with Crippen LogP contribution < -0.4 is 16.4 Å². The van der Waals surface area contributed by atoms with E-state index in [0.29, 0.717) is 18.9 Å². The number of guanidine groups is 2. The summed E-state index contributed by atoms with van der Waals surface area (Å²) in [6.45, 7) is 0. The van der Waals surface area contributed by atoms with Gasteiger partial charge in [0.1, 0.15) is 11.5 Å². The Balaban J connectivity index is 2.23. The molecule has 3 rings (SSSR count). The number of benzene rings is 1. The summed E-state index contributed by atoms with van der Waals surface area (Å²) in [5.74, 6) is -4.90. The molecule has 4 N–H and O–H groups in total. The number of alkyl halides is 2. The summed E-state index contributed by atoms with van der Waals surface area (Å²) < 4.78 is 64.1. The van der Waals surface area contributed by atoms with Crippen LogP contribution in [0.15, 0.2) is 33.1 Å². The average Bonchev–Trinajstić information content (AvgIpc) is 2.55.